The maximum Gasteiger partial charge on any atom is 0.416 e. The molecule has 1 atom stereocenters. The van der Waals surface area contributed by atoms with E-state index in [0.717, 1.165) is 10.9 Å². The number of hydrogen-bond donors (Lipinski definition) is 2. The third-order valence-electron chi connectivity index (χ3n) is 5.10. The summed E-state index contributed by atoms with van der Waals surface area (Å²) in [5, 5.41) is 3.12. The molecule has 0 bridgehead atoms. The zero-order chi connectivity index (χ0) is 27.6. The van der Waals surface area contributed by atoms with Crippen LogP contribution in [0.3, 0.4) is 0 Å². The lowest BCUT2D eigenvalue weighted by molar-refractivity contribution is -0.147. The fourth-order valence-electron chi connectivity index (χ4n) is 3.52. The van der Waals surface area contributed by atoms with Gasteiger partial charge in [-0.25, -0.2) is 9.59 Å². The Hall–Kier alpha value is -3.70. The highest BCUT2D eigenvalue weighted by Gasteiger charge is 2.37. The molecule has 6 nitrogen and oxygen atoms in total. The first kappa shape index (κ1) is 27.9. The van der Waals surface area contributed by atoms with Crippen LogP contribution in [0.4, 0.5) is 31.1 Å². The number of nitrogens with one attached hydrogen (secondary N) is 2. The number of para-hydroxylation sites is 1. The summed E-state index contributed by atoms with van der Waals surface area (Å²) in [6, 6.07) is 6.70. The molecular weight excluding hydrogens is 506 g/mol. The van der Waals surface area contributed by atoms with E-state index < -0.39 is 59.4 Å². The summed E-state index contributed by atoms with van der Waals surface area (Å²) in [4.78, 5) is 28.3. The number of carbonyl (C=O) groups excluding carboxylic acids is 2. The Bertz CT molecular complexity index is 1240. The van der Waals surface area contributed by atoms with Crippen molar-refractivity contribution in [1.82, 2.24) is 10.3 Å². The van der Waals surface area contributed by atoms with Gasteiger partial charge in [-0.05, 0) is 56.2 Å². The van der Waals surface area contributed by atoms with Crippen molar-refractivity contribution in [3.05, 3.63) is 70.9 Å². The van der Waals surface area contributed by atoms with Crippen LogP contribution in [0.25, 0.3) is 10.9 Å². The molecule has 0 aliphatic rings. The molecule has 3 aromatic rings. The molecule has 0 saturated carbocycles. The van der Waals surface area contributed by atoms with Crippen molar-refractivity contribution in [3.8, 4) is 0 Å². The molecule has 12 heteroatoms. The summed E-state index contributed by atoms with van der Waals surface area (Å²) in [6.07, 6.45) is -9.51. The van der Waals surface area contributed by atoms with E-state index in [1.165, 1.54) is 0 Å². The van der Waals surface area contributed by atoms with Crippen molar-refractivity contribution in [3.63, 3.8) is 0 Å². The third kappa shape index (κ3) is 7.64. The van der Waals surface area contributed by atoms with Gasteiger partial charge in [-0.3, -0.25) is 0 Å². The first-order chi connectivity index (χ1) is 17.0. The lowest BCUT2D eigenvalue weighted by atomic mass is 10.0. The second kappa shape index (κ2) is 10.3. The van der Waals surface area contributed by atoms with Crippen molar-refractivity contribution in [2.24, 2.45) is 0 Å². The van der Waals surface area contributed by atoms with Gasteiger partial charge in [0.2, 0.25) is 0 Å². The molecule has 1 unspecified atom stereocenters. The highest BCUT2D eigenvalue weighted by atomic mass is 19.4. The van der Waals surface area contributed by atoms with Crippen LogP contribution in [-0.2, 0) is 39.6 Å². The van der Waals surface area contributed by atoms with Crippen LogP contribution in [0.1, 0.15) is 43.0 Å². The molecule has 2 N–H and O–H groups in total. The molecule has 2 aromatic carbocycles. The molecule has 0 spiro atoms. The number of carbonyl (C=O) groups is 2. The van der Waals surface area contributed by atoms with Gasteiger partial charge < -0.3 is 19.8 Å². The molecule has 0 aliphatic heterocycles. The number of aromatic nitrogens is 1. The van der Waals surface area contributed by atoms with Gasteiger partial charge in [-0.15, -0.1) is 0 Å². The van der Waals surface area contributed by atoms with Crippen LogP contribution in [-0.4, -0.2) is 28.7 Å². The van der Waals surface area contributed by atoms with Crippen molar-refractivity contribution >= 4 is 23.0 Å². The van der Waals surface area contributed by atoms with E-state index in [2.05, 4.69) is 10.3 Å². The summed E-state index contributed by atoms with van der Waals surface area (Å²) in [7, 11) is 0. The Labute approximate surface area is 207 Å². The average Bonchev–Trinajstić information content (AvgIpc) is 3.17. The monoisotopic (exact) mass is 530 g/mol. The van der Waals surface area contributed by atoms with Gasteiger partial charge in [0, 0.05) is 23.5 Å². The van der Waals surface area contributed by atoms with Crippen LogP contribution < -0.4 is 5.32 Å². The summed E-state index contributed by atoms with van der Waals surface area (Å²) in [6.45, 7) is 3.93. The van der Waals surface area contributed by atoms with E-state index in [1.54, 1.807) is 51.2 Å². The minimum Gasteiger partial charge on any atom is -0.459 e. The summed E-state index contributed by atoms with van der Waals surface area (Å²) in [5.41, 5.74) is -3.10. The number of amides is 1. The standard InChI is InChI=1S/C25H24F6N2O4/c1-23(2,3)37-22(35)33-20(10-15-12-32-19-7-5-4-6-18(15)19)21(34)36-13-14-8-16(24(26,27)28)11-17(9-14)25(29,30)31/h4-9,11-12,20,32H,10,13H2,1-3H3,(H,33,35). The molecule has 0 saturated heterocycles. The van der Waals surface area contributed by atoms with Crippen molar-refractivity contribution in [2.45, 2.75) is 57.8 Å². The van der Waals surface area contributed by atoms with E-state index in [-0.39, 0.29) is 12.5 Å². The minimum atomic E-state index is -5.05. The van der Waals surface area contributed by atoms with E-state index in [0.29, 0.717) is 17.7 Å². The molecule has 0 aliphatic carbocycles. The molecule has 1 amide bonds. The Morgan fingerprint density at radius 3 is 2.11 bits per heavy atom. The molecule has 0 fully saturated rings. The molecule has 37 heavy (non-hydrogen) atoms. The number of ether oxygens (including phenoxy) is 2. The number of hydrogen-bond acceptors (Lipinski definition) is 4. The average molecular weight is 530 g/mol. The molecular formula is C25H24F6N2O4. The number of alkyl carbamates (subject to hydrolysis) is 1. The first-order valence-corrected chi connectivity index (χ1v) is 11.0. The Morgan fingerprint density at radius 2 is 1.54 bits per heavy atom. The summed E-state index contributed by atoms with van der Waals surface area (Å²) >= 11 is 0. The maximum atomic E-state index is 13.1. The predicted molar refractivity (Wildman–Crippen MR) is 121 cm³/mol. The predicted octanol–water partition coefficient (Wildman–Crippen LogP) is 6.38. The van der Waals surface area contributed by atoms with E-state index in [1.807, 2.05) is 0 Å². The molecule has 200 valence electrons. The van der Waals surface area contributed by atoms with Crippen LogP contribution >= 0.6 is 0 Å². The molecule has 0 radical (unpaired) electrons. The topological polar surface area (TPSA) is 80.4 Å². The Kier molecular flexibility index (Phi) is 7.80. The van der Waals surface area contributed by atoms with Gasteiger partial charge in [0.15, 0.2) is 0 Å². The fraction of sp³-hybridized carbons (Fsp3) is 0.360. The lowest BCUT2D eigenvalue weighted by Crippen LogP contribution is -2.45. The normalized spacial score (nSPS) is 13.3. The largest absolute Gasteiger partial charge is 0.459 e. The lowest BCUT2D eigenvalue weighted by Gasteiger charge is -2.23. The zero-order valence-electron chi connectivity index (χ0n) is 20.0. The number of alkyl halides is 6. The van der Waals surface area contributed by atoms with Crippen LogP contribution in [0.15, 0.2) is 48.7 Å². The van der Waals surface area contributed by atoms with Gasteiger partial charge in [0.05, 0.1) is 11.1 Å². The van der Waals surface area contributed by atoms with Gasteiger partial charge in [-0.1, -0.05) is 18.2 Å². The Morgan fingerprint density at radius 1 is 0.946 bits per heavy atom. The molecule has 3 rings (SSSR count). The SMILES string of the molecule is CC(C)(C)OC(=O)NC(Cc1c[nH]c2ccccc12)C(=O)OCc1cc(C(F)(F)F)cc(C(F)(F)F)c1. The number of rotatable bonds is 6. The van der Waals surface area contributed by atoms with Gasteiger partial charge in [-0.2, -0.15) is 26.3 Å². The number of H-pyrrole nitrogens is 1. The second-order valence-corrected chi connectivity index (χ2v) is 9.28. The molecule has 1 heterocycles. The van der Waals surface area contributed by atoms with Crippen molar-refractivity contribution < 1.29 is 45.4 Å². The van der Waals surface area contributed by atoms with Gasteiger partial charge in [0.25, 0.3) is 0 Å². The van der Waals surface area contributed by atoms with Crippen molar-refractivity contribution in [2.75, 3.05) is 0 Å². The van der Waals surface area contributed by atoms with Gasteiger partial charge in [0.1, 0.15) is 18.2 Å². The quantitative estimate of drug-likeness (QED) is 0.286. The summed E-state index contributed by atoms with van der Waals surface area (Å²) in [5.74, 6) is -1.07. The zero-order valence-corrected chi connectivity index (χ0v) is 20.0. The smallest absolute Gasteiger partial charge is 0.416 e. The third-order valence-corrected chi connectivity index (χ3v) is 5.10. The minimum absolute atomic E-state index is 0.0187. The van der Waals surface area contributed by atoms with Crippen LogP contribution in [0.5, 0.6) is 0 Å². The highest BCUT2D eigenvalue weighted by Crippen LogP contribution is 2.36. The number of esters is 1. The second-order valence-electron chi connectivity index (χ2n) is 9.28. The van der Waals surface area contributed by atoms with Gasteiger partial charge >= 0.3 is 24.4 Å². The van der Waals surface area contributed by atoms with E-state index in [9.17, 15) is 35.9 Å². The maximum absolute atomic E-state index is 13.1. The molecule has 1 aromatic heterocycles. The number of halogens is 6. The van der Waals surface area contributed by atoms with Crippen LogP contribution in [0, 0.1) is 0 Å². The fourth-order valence-corrected chi connectivity index (χ4v) is 3.52. The van der Waals surface area contributed by atoms with E-state index in [4.69, 9.17) is 9.47 Å². The summed E-state index contributed by atoms with van der Waals surface area (Å²) < 4.78 is 89.1. The number of benzene rings is 2. The van der Waals surface area contributed by atoms with E-state index >= 15 is 0 Å². The number of fused-ring (bicyclic) bond motifs is 1. The van der Waals surface area contributed by atoms with Crippen LogP contribution in [0.2, 0.25) is 0 Å². The van der Waals surface area contributed by atoms with Crippen molar-refractivity contribution in [1.29, 1.82) is 0 Å². The Balaban J connectivity index is 1.84. The number of aromatic amines is 1. The highest BCUT2D eigenvalue weighted by molar-refractivity contribution is 5.86. The first-order valence-electron chi connectivity index (χ1n) is 11.0.